The highest BCUT2D eigenvalue weighted by Gasteiger charge is 2.21. The molecule has 0 radical (unpaired) electrons. The second kappa shape index (κ2) is 7.87. The van der Waals surface area contributed by atoms with Crippen LogP contribution in [0.25, 0.3) is 0 Å². The van der Waals surface area contributed by atoms with Crippen molar-refractivity contribution >= 4 is 5.91 Å². The van der Waals surface area contributed by atoms with Gasteiger partial charge in [0.2, 0.25) is 0 Å². The summed E-state index contributed by atoms with van der Waals surface area (Å²) < 4.78 is 11.4. The Bertz CT molecular complexity index is 588. The number of methoxy groups -OCH3 is 1. The topological polar surface area (TPSA) is 62.6 Å². The second-order valence-electron chi connectivity index (χ2n) is 6.02. The van der Waals surface area contributed by atoms with Crippen LogP contribution < -0.4 is 9.47 Å². The summed E-state index contributed by atoms with van der Waals surface area (Å²) in [5.41, 5.74) is 0.535. The molecule has 5 heteroatoms. The molecule has 0 N–H and O–H groups in total. The Balaban J connectivity index is 2.14. The van der Waals surface area contributed by atoms with E-state index in [0.29, 0.717) is 23.5 Å². The molecule has 1 saturated carbocycles. The fourth-order valence-corrected chi connectivity index (χ4v) is 2.76. The molecular formula is C18H24N2O3. The normalized spacial score (nSPS) is 15.7. The van der Waals surface area contributed by atoms with Gasteiger partial charge in [0.05, 0.1) is 25.7 Å². The van der Waals surface area contributed by atoms with Gasteiger partial charge in [-0.25, -0.2) is 0 Å². The zero-order chi connectivity index (χ0) is 16.8. The third kappa shape index (κ3) is 4.16. The van der Waals surface area contributed by atoms with E-state index in [2.05, 4.69) is 6.07 Å². The number of rotatable bonds is 6. The predicted molar refractivity (Wildman–Crippen MR) is 87.7 cm³/mol. The van der Waals surface area contributed by atoms with E-state index in [4.69, 9.17) is 14.7 Å². The standard InChI is InChI=1S/C18H24N2O3/c1-13(10-11-19)20(2)18(21)14-8-9-16(17(12-14)22-3)23-15-6-4-5-7-15/h8-9,12-13,15H,4-7,10H2,1-3H3/t13-/m0/s1. The fourth-order valence-electron chi connectivity index (χ4n) is 2.76. The van der Waals surface area contributed by atoms with Crippen molar-refractivity contribution in [1.29, 1.82) is 5.26 Å². The van der Waals surface area contributed by atoms with Gasteiger partial charge in [-0.15, -0.1) is 0 Å². The van der Waals surface area contributed by atoms with Gasteiger partial charge in [-0.05, 0) is 50.8 Å². The van der Waals surface area contributed by atoms with Gasteiger partial charge in [-0.2, -0.15) is 5.26 Å². The van der Waals surface area contributed by atoms with Crippen LogP contribution in [0.15, 0.2) is 18.2 Å². The molecule has 1 aromatic rings. The average molecular weight is 316 g/mol. The van der Waals surface area contributed by atoms with Gasteiger partial charge < -0.3 is 14.4 Å². The summed E-state index contributed by atoms with van der Waals surface area (Å²) in [4.78, 5) is 14.1. The maximum atomic E-state index is 12.5. The van der Waals surface area contributed by atoms with Crippen molar-refractivity contribution in [3.8, 4) is 17.6 Å². The lowest BCUT2D eigenvalue weighted by atomic mass is 10.1. The minimum atomic E-state index is -0.132. The first kappa shape index (κ1) is 17.1. The number of ether oxygens (including phenoxy) is 2. The van der Waals surface area contributed by atoms with Crippen LogP contribution >= 0.6 is 0 Å². The van der Waals surface area contributed by atoms with E-state index in [0.717, 1.165) is 12.8 Å². The number of amides is 1. The molecule has 1 aliphatic rings. The lowest BCUT2D eigenvalue weighted by Crippen LogP contribution is -2.34. The fraction of sp³-hybridized carbons (Fsp3) is 0.556. The van der Waals surface area contributed by atoms with Gasteiger partial charge in [0.1, 0.15) is 0 Å². The number of nitriles is 1. The van der Waals surface area contributed by atoms with E-state index in [1.54, 1.807) is 37.3 Å². The van der Waals surface area contributed by atoms with E-state index >= 15 is 0 Å². The summed E-state index contributed by atoms with van der Waals surface area (Å²) >= 11 is 0. The van der Waals surface area contributed by atoms with Crippen LogP contribution in [0, 0.1) is 11.3 Å². The summed E-state index contributed by atoms with van der Waals surface area (Å²) in [5, 5.41) is 8.77. The third-order valence-corrected chi connectivity index (χ3v) is 4.37. The minimum Gasteiger partial charge on any atom is -0.493 e. The maximum absolute atomic E-state index is 12.5. The van der Waals surface area contributed by atoms with E-state index in [-0.39, 0.29) is 18.1 Å². The van der Waals surface area contributed by atoms with Crippen molar-refractivity contribution in [1.82, 2.24) is 4.90 Å². The van der Waals surface area contributed by atoms with Crippen LogP contribution in [0.2, 0.25) is 0 Å². The molecule has 0 aromatic heterocycles. The molecular weight excluding hydrogens is 292 g/mol. The Morgan fingerprint density at radius 2 is 2.09 bits per heavy atom. The Hall–Kier alpha value is -2.22. The molecule has 0 spiro atoms. The van der Waals surface area contributed by atoms with Gasteiger partial charge in [0, 0.05) is 18.7 Å². The Morgan fingerprint density at radius 1 is 1.39 bits per heavy atom. The molecule has 0 bridgehead atoms. The summed E-state index contributed by atoms with van der Waals surface area (Å²) in [5.74, 6) is 1.13. The van der Waals surface area contributed by atoms with Crippen LogP contribution in [0.3, 0.4) is 0 Å². The number of nitrogens with zero attached hydrogens (tertiary/aromatic N) is 2. The first-order valence-corrected chi connectivity index (χ1v) is 8.05. The molecule has 1 amide bonds. The molecule has 2 rings (SSSR count). The Kier molecular flexibility index (Phi) is 5.86. The first-order chi connectivity index (χ1) is 11.1. The second-order valence-corrected chi connectivity index (χ2v) is 6.02. The zero-order valence-electron chi connectivity index (χ0n) is 14.0. The number of carbonyl (C=O) groups excluding carboxylic acids is 1. The summed E-state index contributed by atoms with van der Waals surface area (Å²) in [7, 11) is 3.28. The highest BCUT2D eigenvalue weighted by Crippen LogP contribution is 2.32. The molecule has 0 aliphatic heterocycles. The molecule has 0 saturated heterocycles. The van der Waals surface area contributed by atoms with Crippen molar-refractivity contribution < 1.29 is 14.3 Å². The summed E-state index contributed by atoms with van der Waals surface area (Å²) in [6.45, 7) is 1.86. The van der Waals surface area contributed by atoms with Gasteiger partial charge >= 0.3 is 0 Å². The van der Waals surface area contributed by atoms with Gasteiger partial charge in [0.25, 0.3) is 5.91 Å². The van der Waals surface area contributed by atoms with Crippen LogP contribution in [0.5, 0.6) is 11.5 Å². The molecule has 5 nitrogen and oxygen atoms in total. The predicted octanol–water partition coefficient (Wildman–Crippen LogP) is 3.39. The van der Waals surface area contributed by atoms with Gasteiger partial charge in [0.15, 0.2) is 11.5 Å². The van der Waals surface area contributed by atoms with Crippen molar-refractivity contribution in [3.05, 3.63) is 23.8 Å². The number of benzene rings is 1. The highest BCUT2D eigenvalue weighted by atomic mass is 16.5. The van der Waals surface area contributed by atoms with Crippen LogP contribution in [0.1, 0.15) is 49.4 Å². The largest absolute Gasteiger partial charge is 0.493 e. The Labute approximate surface area is 137 Å². The van der Waals surface area contributed by atoms with E-state index in [1.807, 2.05) is 6.92 Å². The van der Waals surface area contributed by atoms with E-state index < -0.39 is 0 Å². The van der Waals surface area contributed by atoms with Crippen molar-refractivity contribution in [3.63, 3.8) is 0 Å². The Morgan fingerprint density at radius 3 is 2.70 bits per heavy atom. The van der Waals surface area contributed by atoms with E-state index in [9.17, 15) is 4.79 Å². The first-order valence-electron chi connectivity index (χ1n) is 8.05. The van der Waals surface area contributed by atoms with Gasteiger partial charge in [-0.3, -0.25) is 4.79 Å². The molecule has 124 valence electrons. The van der Waals surface area contributed by atoms with Gasteiger partial charge in [-0.1, -0.05) is 0 Å². The molecule has 0 heterocycles. The molecule has 1 atom stereocenters. The molecule has 23 heavy (non-hydrogen) atoms. The monoisotopic (exact) mass is 316 g/mol. The average Bonchev–Trinajstić information content (AvgIpc) is 3.07. The molecule has 0 unspecified atom stereocenters. The van der Waals surface area contributed by atoms with Crippen molar-refractivity contribution in [2.24, 2.45) is 0 Å². The SMILES string of the molecule is COc1cc(C(=O)N(C)[C@@H](C)CC#N)ccc1OC1CCCC1. The highest BCUT2D eigenvalue weighted by molar-refractivity contribution is 5.95. The zero-order valence-corrected chi connectivity index (χ0v) is 14.0. The van der Waals surface area contributed by atoms with Crippen LogP contribution in [0.4, 0.5) is 0 Å². The van der Waals surface area contributed by atoms with Crippen molar-refractivity contribution in [2.45, 2.75) is 51.2 Å². The molecule has 1 aromatic carbocycles. The number of carbonyl (C=O) groups is 1. The molecule has 1 aliphatic carbocycles. The van der Waals surface area contributed by atoms with Crippen LogP contribution in [-0.2, 0) is 0 Å². The smallest absolute Gasteiger partial charge is 0.254 e. The van der Waals surface area contributed by atoms with E-state index in [1.165, 1.54) is 12.8 Å². The molecule has 1 fully saturated rings. The number of hydrogen-bond donors (Lipinski definition) is 0. The van der Waals surface area contributed by atoms with Crippen molar-refractivity contribution in [2.75, 3.05) is 14.2 Å². The quantitative estimate of drug-likeness (QED) is 0.807. The maximum Gasteiger partial charge on any atom is 0.254 e. The summed E-state index contributed by atoms with van der Waals surface area (Å²) in [6.07, 6.45) is 5.08. The van der Waals surface area contributed by atoms with Crippen LogP contribution in [-0.4, -0.2) is 37.1 Å². The summed E-state index contributed by atoms with van der Waals surface area (Å²) in [6, 6.07) is 7.22. The lowest BCUT2D eigenvalue weighted by molar-refractivity contribution is 0.0745. The lowest BCUT2D eigenvalue weighted by Gasteiger charge is -2.23. The number of hydrogen-bond acceptors (Lipinski definition) is 4. The minimum absolute atomic E-state index is 0.126. The third-order valence-electron chi connectivity index (χ3n) is 4.37.